The lowest BCUT2D eigenvalue weighted by Gasteiger charge is -2.17. The Balaban J connectivity index is 1.89. The van der Waals surface area contributed by atoms with E-state index in [0.29, 0.717) is 11.3 Å². The number of hydrogen-bond acceptors (Lipinski definition) is 7. The molecule has 0 saturated carbocycles. The molecule has 3 rings (SSSR count). The molecule has 180 valence electrons. The molecule has 1 aromatic carbocycles. The molecule has 0 fully saturated rings. The topological polar surface area (TPSA) is 116 Å². The van der Waals surface area contributed by atoms with Crippen LogP contribution in [0.4, 0.5) is 29.1 Å². The number of aromatic nitrogens is 3. The Hall–Kier alpha value is -4.16. The number of carboxylic acids is 1. The first kappa shape index (κ1) is 24.5. The van der Waals surface area contributed by atoms with Gasteiger partial charge in [0.2, 0.25) is 0 Å². The predicted molar refractivity (Wildman–Crippen MR) is 112 cm³/mol. The number of aliphatic carboxylic acids is 1. The maximum Gasteiger partial charge on any atom is 0.461 e. The molecular formula is C21H18F4N4O5. The molecule has 0 bridgehead atoms. The summed E-state index contributed by atoms with van der Waals surface area (Å²) in [6.07, 6.45) is -6.07. The fourth-order valence-electron chi connectivity index (χ4n) is 2.93. The van der Waals surface area contributed by atoms with E-state index in [1.807, 2.05) is 0 Å². The number of nitrogens with zero attached hydrogens (tertiary/aromatic N) is 3. The highest BCUT2D eigenvalue weighted by molar-refractivity contribution is 5.68. The van der Waals surface area contributed by atoms with Crippen molar-refractivity contribution in [1.82, 2.24) is 14.5 Å². The molecule has 0 aliphatic heterocycles. The largest absolute Gasteiger partial charge is 0.480 e. The maximum absolute atomic E-state index is 13.2. The molecule has 0 aliphatic carbocycles. The summed E-state index contributed by atoms with van der Waals surface area (Å²) < 4.78 is 61.5. The second-order valence-corrected chi connectivity index (χ2v) is 6.96. The van der Waals surface area contributed by atoms with Gasteiger partial charge in [-0.1, -0.05) is 6.07 Å². The number of anilines is 2. The fourth-order valence-corrected chi connectivity index (χ4v) is 2.93. The summed E-state index contributed by atoms with van der Waals surface area (Å²) in [5.74, 6) is -1.44. The van der Waals surface area contributed by atoms with Crippen LogP contribution in [0.2, 0.25) is 0 Å². The average Bonchev–Trinajstić information content (AvgIpc) is 2.74. The molecule has 0 aliphatic rings. The van der Waals surface area contributed by atoms with E-state index in [1.54, 1.807) is 13.8 Å². The molecule has 0 unspecified atom stereocenters. The van der Waals surface area contributed by atoms with Gasteiger partial charge in [-0.3, -0.25) is 9.36 Å². The van der Waals surface area contributed by atoms with Crippen LogP contribution in [0.1, 0.15) is 11.3 Å². The summed E-state index contributed by atoms with van der Waals surface area (Å²) >= 11 is 0. The number of ether oxygens (including phenoxy) is 2. The number of alkyl halides is 4. The first-order valence-corrected chi connectivity index (χ1v) is 9.61. The van der Waals surface area contributed by atoms with E-state index in [0.717, 1.165) is 16.7 Å². The Morgan fingerprint density at radius 1 is 1.26 bits per heavy atom. The number of carboxylic acid groups (broad SMARTS) is 1. The second kappa shape index (κ2) is 9.77. The van der Waals surface area contributed by atoms with Crippen molar-refractivity contribution in [1.29, 1.82) is 0 Å². The van der Waals surface area contributed by atoms with Gasteiger partial charge in [0.15, 0.2) is 12.4 Å². The van der Waals surface area contributed by atoms with E-state index < -0.39 is 36.4 Å². The average molecular weight is 482 g/mol. The van der Waals surface area contributed by atoms with Crippen molar-refractivity contribution in [3.05, 3.63) is 64.3 Å². The minimum Gasteiger partial charge on any atom is -0.480 e. The van der Waals surface area contributed by atoms with Crippen molar-refractivity contribution in [3.63, 3.8) is 0 Å². The van der Waals surface area contributed by atoms with Gasteiger partial charge in [-0.05, 0) is 37.6 Å². The Morgan fingerprint density at radius 3 is 2.65 bits per heavy atom. The van der Waals surface area contributed by atoms with Crippen molar-refractivity contribution in [2.75, 3.05) is 11.9 Å². The molecule has 34 heavy (non-hydrogen) atoms. The number of hydrogen-bond donors (Lipinski definition) is 2. The lowest BCUT2D eigenvalue weighted by molar-refractivity contribution is -0.253. The maximum atomic E-state index is 13.2. The summed E-state index contributed by atoms with van der Waals surface area (Å²) in [4.78, 5) is 31.9. The van der Waals surface area contributed by atoms with E-state index in [1.165, 1.54) is 30.6 Å². The second-order valence-electron chi connectivity index (χ2n) is 6.96. The third-order valence-electron chi connectivity index (χ3n) is 4.35. The van der Waals surface area contributed by atoms with Crippen molar-refractivity contribution in [2.24, 2.45) is 0 Å². The monoisotopic (exact) mass is 482 g/mol. The van der Waals surface area contributed by atoms with Crippen molar-refractivity contribution < 1.29 is 36.9 Å². The molecule has 0 radical (unpaired) electrons. The van der Waals surface area contributed by atoms with Gasteiger partial charge in [0.05, 0.1) is 5.69 Å². The van der Waals surface area contributed by atoms with Crippen LogP contribution in [0.5, 0.6) is 11.5 Å². The first-order chi connectivity index (χ1) is 16.0. The van der Waals surface area contributed by atoms with Crippen molar-refractivity contribution in [3.8, 4) is 17.3 Å². The molecule has 0 amide bonds. The first-order valence-electron chi connectivity index (χ1n) is 9.61. The van der Waals surface area contributed by atoms with Crippen LogP contribution in [0.15, 0.2) is 47.5 Å². The van der Waals surface area contributed by atoms with E-state index in [-0.39, 0.29) is 23.1 Å². The molecule has 3 aromatic rings. The van der Waals surface area contributed by atoms with Gasteiger partial charge in [-0.2, -0.15) is 17.6 Å². The van der Waals surface area contributed by atoms with Crippen LogP contribution >= 0.6 is 0 Å². The number of nitrogens with one attached hydrogen (secondary N) is 1. The molecule has 9 nitrogen and oxygen atoms in total. The highest BCUT2D eigenvalue weighted by Crippen LogP contribution is 2.29. The Morgan fingerprint density at radius 2 is 2.00 bits per heavy atom. The van der Waals surface area contributed by atoms with E-state index in [9.17, 15) is 27.2 Å². The van der Waals surface area contributed by atoms with Crippen LogP contribution in [-0.4, -0.2) is 44.8 Å². The molecule has 13 heteroatoms. The number of halogens is 4. The third-order valence-corrected chi connectivity index (χ3v) is 4.35. The molecule has 0 saturated heterocycles. The molecule has 2 aromatic heterocycles. The molecular weight excluding hydrogens is 464 g/mol. The zero-order valence-corrected chi connectivity index (χ0v) is 17.8. The van der Waals surface area contributed by atoms with Crippen LogP contribution in [0.3, 0.4) is 0 Å². The standard InChI is InChI=1S/C21H18F4N4O5/c1-11-8-15(27-12(2)17(11)33-10-16(30)31)29-7-6-26-18(19(29)32)28-13-4-3-5-14(9-13)34-21(24,25)20(22)23/h3-9,20H,10H2,1-2H3,(H,26,28)(H,30,31). The summed E-state index contributed by atoms with van der Waals surface area (Å²) in [6, 6.07) is 6.24. The Bertz CT molecular complexity index is 1240. The Labute approximate surface area is 189 Å². The molecule has 0 atom stereocenters. The molecule has 0 spiro atoms. The Kier molecular flexibility index (Phi) is 7.03. The highest BCUT2D eigenvalue weighted by atomic mass is 19.3. The third kappa shape index (κ3) is 5.60. The SMILES string of the molecule is Cc1cc(-n2ccnc(Nc3cccc(OC(F)(F)C(F)F)c3)c2=O)nc(C)c1OCC(=O)O. The van der Waals surface area contributed by atoms with Gasteiger partial charge in [0, 0.05) is 24.1 Å². The lowest BCUT2D eigenvalue weighted by atomic mass is 10.2. The molecule has 2 N–H and O–H groups in total. The number of rotatable bonds is 9. The number of aryl methyl sites for hydroxylation is 2. The fraction of sp³-hybridized carbons (Fsp3) is 0.238. The highest BCUT2D eigenvalue weighted by Gasteiger charge is 2.44. The number of carbonyl (C=O) groups is 1. The van der Waals surface area contributed by atoms with Gasteiger partial charge in [0.25, 0.3) is 5.56 Å². The molecule has 2 heterocycles. The van der Waals surface area contributed by atoms with Gasteiger partial charge in [-0.15, -0.1) is 0 Å². The zero-order valence-electron chi connectivity index (χ0n) is 17.8. The van der Waals surface area contributed by atoms with E-state index in [2.05, 4.69) is 20.0 Å². The quantitative estimate of drug-likeness (QED) is 0.444. The van der Waals surface area contributed by atoms with Crippen LogP contribution in [0.25, 0.3) is 5.82 Å². The smallest absolute Gasteiger partial charge is 0.461 e. The summed E-state index contributed by atoms with van der Waals surface area (Å²) in [6.45, 7) is 2.68. The van der Waals surface area contributed by atoms with E-state index in [4.69, 9.17) is 9.84 Å². The number of benzene rings is 1. The lowest BCUT2D eigenvalue weighted by Crippen LogP contribution is -2.33. The van der Waals surface area contributed by atoms with Crippen LogP contribution in [0, 0.1) is 13.8 Å². The summed E-state index contributed by atoms with van der Waals surface area (Å²) in [5, 5.41) is 11.4. The number of pyridine rings is 1. The van der Waals surface area contributed by atoms with Gasteiger partial charge in [0.1, 0.15) is 17.3 Å². The predicted octanol–water partition coefficient (Wildman–Crippen LogP) is 3.69. The summed E-state index contributed by atoms with van der Waals surface area (Å²) in [7, 11) is 0. The van der Waals surface area contributed by atoms with Crippen molar-refractivity contribution in [2.45, 2.75) is 26.4 Å². The minimum atomic E-state index is -4.68. The van der Waals surface area contributed by atoms with Crippen LogP contribution in [-0.2, 0) is 4.79 Å². The van der Waals surface area contributed by atoms with Gasteiger partial charge in [-0.25, -0.2) is 14.8 Å². The minimum absolute atomic E-state index is 0.0858. The van der Waals surface area contributed by atoms with Gasteiger partial charge < -0.3 is 19.9 Å². The van der Waals surface area contributed by atoms with E-state index >= 15 is 0 Å². The zero-order chi connectivity index (χ0) is 25.0. The van der Waals surface area contributed by atoms with Gasteiger partial charge >= 0.3 is 18.5 Å². The summed E-state index contributed by atoms with van der Waals surface area (Å²) in [5.41, 5.74) is 0.311. The van der Waals surface area contributed by atoms with Crippen LogP contribution < -0.4 is 20.3 Å². The normalized spacial score (nSPS) is 11.4. The van der Waals surface area contributed by atoms with Crippen molar-refractivity contribution >= 4 is 17.5 Å².